The SMILES string of the molecule is C/C(=C\c1ccc(Cc2cccnc2)cc1)C(=O)O.CS(=O)(=O)O. The number of carboxylic acid groups (broad SMARTS) is 1. The molecule has 0 aliphatic carbocycles. The first-order chi connectivity index (χ1) is 11.1. The van der Waals surface area contributed by atoms with Crippen LogP contribution in [0.15, 0.2) is 54.4 Å². The molecule has 0 aliphatic heterocycles. The molecule has 24 heavy (non-hydrogen) atoms. The molecule has 0 spiro atoms. The van der Waals surface area contributed by atoms with Crippen molar-refractivity contribution in [2.45, 2.75) is 13.3 Å². The Balaban J connectivity index is 0.000000505. The third-order valence-electron chi connectivity index (χ3n) is 2.83. The number of pyridine rings is 1. The van der Waals surface area contributed by atoms with Crippen molar-refractivity contribution in [3.63, 3.8) is 0 Å². The van der Waals surface area contributed by atoms with Gasteiger partial charge in [0.15, 0.2) is 0 Å². The minimum absolute atomic E-state index is 0.333. The largest absolute Gasteiger partial charge is 0.478 e. The topological polar surface area (TPSA) is 105 Å². The van der Waals surface area contributed by atoms with Crippen LogP contribution in [-0.4, -0.2) is 35.3 Å². The first-order valence-corrected chi connectivity index (χ1v) is 8.82. The zero-order valence-corrected chi connectivity index (χ0v) is 14.2. The summed E-state index contributed by atoms with van der Waals surface area (Å²) >= 11 is 0. The van der Waals surface area contributed by atoms with Gasteiger partial charge in [-0.15, -0.1) is 0 Å². The molecular formula is C17H19NO5S. The van der Waals surface area contributed by atoms with E-state index in [4.69, 9.17) is 9.66 Å². The molecule has 2 rings (SSSR count). The predicted molar refractivity (Wildman–Crippen MR) is 92.2 cm³/mol. The number of aromatic nitrogens is 1. The van der Waals surface area contributed by atoms with Crippen molar-refractivity contribution < 1.29 is 22.9 Å². The van der Waals surface area contributed by atoms with E-state index in [0.29, 0.717) is 11.8 Å². The quantitative estimate of drug-likeness (QED) is 0.649. The molecule has 1 aromatic heterocycles. The summed E-state index contributed by atoms with van der Waals surface area (Å²) in [6.07, 6.45) is 6.81. The lowest BCUT2D eigenvalue weighted by Gasteiger charge is -2.02. The maximum absolute atomic E-state index is 10.7. The van der Waals surface area contributed by atoms with Gasteiger partial charge in [-0.2, -0.15) is 8.42 Å². The number of hydrogen-bond donors (Lipinski definition) is 2. The van der Waals surface area contributed by atoms with Crippen LogP contribution in [0.5, 0.6) is 0 Å². The number of carbonyl (C=O) groups is 1. The fourth-order valence-electron chi connectivity index (χ4n) is 1.78. The number of carboxylic acids is 1. The fourth-order valence-corrected chi connectivity index (χ4v) is 1.78. The summed E-state index contributed by atoms with van der Waals surface area (Å²) in [6.45, 7) is 1.59. The lowest BCUT2D eigenvalue weighted by molar-refractivity contribution is -0.132. The van der Waals surface area contributed by atoms with E-state index in [9.17, 15) is 13.2 Å². The van der Waals surface area contributed by atoms with Crippen LogP contribution >= 0.6 is 0 Å². The van der Waals surface area contributed by atoms with Gasteiger partial charge >= 0.3 is 5.97 Å². The standard InChI is InChI=1S/C16H15NO2.CH4O3S/c1-12(16(18)19)9-13-4-6-14(7-5-13)10-15-3-2-8-17-11-15;1-5(2,3)4/h2-9,11H,10H2,1H3,(H,18,19);1H3,(H,2,3,4)/b12-9+;. The molecule has 0 aliphatic rings. The van der Waals surface area contributed by atoms with Gasteiger partial charge in [0, 0.05) is 18.0 Å². The first-order valence-electron chi connectivity index (χ1n) is 6.97. The molecule has 128 valence electrons. The van der Waals surface area contributed by atoms with Crippen molar-refractivity contribution >= 4 is 22.2 Å². The molecule has 0 atom stereocenters. The van der Waals surface area contributed by atoms with Crippen LogP contribution in [0.2, 0.25) is 0 Å². The second-order valence-electron chi connectivity index (χ2n) is 5.15. The van der Waals surface area contributed by atoms with Crippen LogP contribution in [0.1, 0.15) is 23.6 Å². The Bertz CT molecular complexity index is 789. The number of hydrogen-bond acceptors (Lipinski definition) is 4. The molecule has 6 nitrogen and oxygen atoms in total. The van der Waals surface area contributed by atoms with Crippen LogP contribution < -0.4 is 0 Å². The Morgan fingerprint density at radius 2 is 1.75 bits per heavy atom. The first kappa shape index (κ1) is 19.5. The summed E-state index contributed by atoms with van der Waals surface area (Å²) in [7, 11) is -3.67. The molecule has 2 aromatic rings. The third kappa shape index (κ3) is 8.82. The Morgan fingerprint density at radius 1 is 1.17 bits per heavy atom. The highest BCUT2D eigenvalue weighted by molar-refractivity contribution is 7.85. The zero-order chi connectivity index (χ0) is 18.2. The molecule has 0 amide bonds. The maximum atomic E-state index is 10.7. The van der Waals surface area contributed by atoms with Crippen molar-refractivity contribution in [2.75, 3.05) is 6.26 Å². The van der Waals surface area contributed by atoms with Gasteiger partial charge in [-0.3, -0.25) is 9.54 Å². The van der Waals surface area contributed by atoms with E-state index in [1.807, 2.05) is 42.6 Å². The monoisotopic (exact) mass is 349 g/mol. The molecular weight excluding hydrogens is 330 g/mol. The molecule has 1 heterocycles. The van der Waals surface area contributed by atoms with E-state index in [2.05, 4.69) is 4.98 Å². The van der Waals surface area contributed by atoms with Gasteiger partial charge in [0.1, 0.15) is 0 Å². The van der Waals surface area contributed by atoms with Crippen LogP contribution in [0.25, 0.3) is 6.08 Å². The minimum atomic E-state index is -3.67. The molecule has 0 radical (unpaired) electrons. The molecule has 0 saturated heterocycles. The van der Waals surface area contributed by atoms with Crippen molar-refractivity contribution in [3.8, 4) is 0 Å². The highest BCUT2D eigenvalue weighted by Crippen LogP contribution is 2.12. The van der Waals surface area contributed by atoms with Crippen molar-refractivity contribution in [1.82, 2.24) is 4.98 Å². The summed E-state index contributed by atoms with van der Waals surface area (Å²) in [5.74, 6) is -0.889. The van der Waals surface area contributed by atoms with E-state index < -0.39 is 16.1 Å². The average molecular weight is 349 g/mol. The minimum Gasteiger partial charge on any atom is -0.478 e. The fraction of sp³-hybridized carbons (Fsp3) is 0.176. The van der Waals surface area contributed by atoms with Crippen LogP contribution in [0.3, 0.4) is 0 Å². The number of aliphatic carboxylic acids is 1. The van der Waals surface area contributed by atoms with E-state index in [-0.39, 0.29) is 0 Å². The molecule has 0 unspecified atom stereocenters. The molecule has 1 aromatic carbocycles. The normalized spacial score (nSPS) is 11.4. The summed E-state index contributed by atoms with van der Waals surface area (Å²) in [6, 6.07) is 11.8. The molecule has 0 bridgehead atoms. The summed E-state index contributed by atoms with van der Waals surface area (Å²) < 4.78 is 25.9. The van der Waals surface area contributed by atoms with Gasteiger partial charge in [0.2, 0.25) is 0 Å². The molecule has 0 saturated carbocycles. The molecule has 2 N–H and O–H groups in total. The Morgan fingerprint density at radius 3 is 2.21 bits per heavy atom. The molecule has 7 heteroatoms. The Kier molecular flexibility index (Phi) is 7.29. The van der Waals surface area contributed by atoms with E-state index >= 15 is 0 Å². The van der Waals surface area contributed by atoms with Gasteiger partial charge in [-0.05, 0) is 42.2 Å². The highest BCUT2D eigenvalue weighted by atomic mass is 32.2. The van der Waals surface area contributed by atoms with Crippen LogP contribution in [-0.2, 0) is 21.3 Å². The van der Waals surface area contributed by atoms with Crippen LogP contribution in [0, 0.1) is 0 Å². The van der Waals surface area contributed by atoms with Gasteiger partial charge in [0.05, 0.1) is 6.26 Å². The second-order valence-corrected chi connectivity index (χ2v) is 6.61. The number of nitrogens with zero attached hydrogens (tertiary/aromatic N) is 1. The zero-order valence-electron chi connectivity index (χ0n) is 13.4. The van der Waals surface area contributed by atoms with Crippen molar-refractivity contribution in [2.24, 2.45) is 0 Å². The third-order valence-corrected chi connectivity index (χ3v) is 2.83. The van der Waals surface area contributed by atoms with Crippen molar-refractivity contribution in [3.05, 3.63) is 71.1 Å². The summed E-state index contributed by atoms with van der Waals surface area (Å²) in [5.41, 5.74) is 3.57. The van der Waals surface area contributed by atoms with E-state index in [1.165, 1.54) is 5.56 Å². The summed E-state index contributed by atoms with van der Waals surface area (Å²) in [5, 5.41) is 8.82. The van der Waals surface area contributed by atoms with E-state index in [1.54, 1.807) is 19.2 Å². The predicted octanol–water partition coefficient (Wildman–Crippen LogP) is 2.66. The maximum Gasteiger partial charge on any atom is 0.331 e. The lowest BCUT2D eigenvalue weighted by Crippen LogP contribution is -1.95. The summed E-state index contributed by atoms with van der Waals surface area (Å²) in [4.78, 5) is 14.8. The Labute approximate surface area is 141 Å². The van der Waals surface area contributed by atoms with Gasteiger partial charge < -0.3 is 5.11 Å². The Hall–Kier alpha value is -2.51. The lowest BCUT2D eigenvalue weighted by atomic mass is 10.0. The number of benzene rings is 1. The number of rotatable bonds is 4. The average Bonchev–Trinajstić information content (AvgIpc) is 2.48. The second kappa shape index (κ2) is 8.95. The van der Waals surface area contributed by atoms with Gasteiger partial charge in [0.25, 0.3) is 10.1 Å². The van der Waals surface area contributed by atoms with Gasteiger partial charge in [-0.1, -0.05) is 30.3 Å². The van der Waals surface area contributed by atoms with Crippen molar-refractivity contribution in [1.29, 1.82) is 0 Å². The van der Waals surface area contributed by atoms with Gasteiger partial charge in [-0.25, -0.2) is 4.79 Å². The van der Waals surface area contributed by atoms with Crippen LogP contribution in [0.4, 0.5) is 0 Å². The van der Waals surface area contributed by atoms with E-state index in [0.717, 1.165) is 17.5 Å². The smallest absolute Gasteiger partial charge is 0.331 e. The molecule has 0 fully saturated rings. The highest BCUT2D eigenvalue weighted by Gasteiger charge is 2.00.